The summed E-state index contributed by atoms with van der Waals surface area (Å²) in [6.45, 7) is 2.26. The Labute approximate surface area is 105 Å². The SMILES string of the molecule is C[C@@H](CCCC1CCC1)CC[C@H](N)CC(=O)O. The number of carboxylic acids is 1. The molecule has 17 heavy (non-hydrogen) atoms. The molecule has 0 amide bonds. The number of carbonyl (C=O) groups is 1. The van der Waals surface area contributed by atoms with Gasteiger partial charge >= 0.3 is 5.97 Å². The molecule has 3 nitrogen and oxygen atoms in total. The molecule has 0 spiro atoms. The van der Waals surface area contributed by atoms with Crippen molar-refractivity contribution >= 4 is 5.97 Å². The van der Waals surface area contributed by atoms with Gasteiger partial charge in [-0.25, -0.2) is 0 Å². The minimum absolute atomic E-state index is 0.106. The Bertz CT molecular complexity index is 226. The number of carboxylic acid groups (broad SMARTS) is 1. The summed E-state index contributed by atoms with van der Waals surface area (Å²) in [7, 11) is 0. The van der Waals surface area contributed by atoms with Crippen LogP contribution in [0.5, 0.6) is 0 Å². The standard InChI is InChI=1S/C14H27NO2/c1-11(4-2-5-12-6-3-7-12)8-9-13(15)10-14(16)17/h11-13H,2-10,15H2,1H3,(H,16,17)/t11-,13-/m0/s1. The normalized spacial score (nSPS) is 19.6. The van der Waals surface area contributed by atoms with Crippen molar-refractivity contribution in [1.82, 2.24) is 0 Å². The summed E-state index contributed by atoms with van der Waals surface area (Å²) in [6, 6.07) is -0.165. The van der Waals surface area contributed by atoms with Crippen LogP contribution >= 0.6 is 0 Å². The van der Waals surface area contributed by atoms with Crippen molar-refractivity contribution in [1.29, 1.82) is 0 Å². The fourth-order valence-corrected chi connectivity index (χ4v) is 2.51. The van der Waals surface area contributed by atoms with Crippen LogP contribution in [0.25, 0.3) is 0 Å². The maximum atomic E-state index is 10.5. The molecule has 2 atom stereocenters. The van der Waals surface area contributed by atoms with E-state index in [9.17, 15) is 4.79 Å². The first-order valence-electron chi connectivity index (χ1n) is 7.05. The highest BCUT2D eigenvalue weighted by Crippen LogP contribution is 2.31. The number of aliphatic carboxylic acids is 1. The second-order valence-corrected chi connectivity index (χ2v) is 5.77. The summed E-state index contributed by atoms with van der Waals surface area (Å²) in [6.07, 6.45) is 10.3. The average Bonchev–Trinajstić information content (AvgIpc) is 2.18. The molecule has 0 saturated heterocycles. The van der Waals surface area contributed by atoms with Gasteiger partial charge in [0.05, 0.1) is 6.42 Å². The third-order valence-electron chi connectivity index (χ3n) is 4.00. The summed E-state index contributed by atoms with van der Waals surface area (Å²) in [5.74, 6) is 0.918. The minimum atomic E-state index is -0.782. The van der Waals surface area contributed by atoms with Gasteiger partial charge in [0, 0.05) is 6.04 Å². The van der Waals surface area contributed by atoms with Crippen LogP contribution in [0.1, 0.15) is 64.7 Å². The van der Waals surface area contributed by atoms with E-state index in [0.717, 1.165) is 18.8 Å². The molecule has 1 aliphatic rings. The van der Waals surface area contributed by atoms with Crippen LogP contribution in [0.15, 0.2) is 0 Å². The van der Waals surface area contributed by atoms with Crippen LogP contribution in [0.4, 0.5) is 0 Å². The lowest BCUT2D eigenvalue weighted by Gasteiger charge is -2.25. The van der Waals surface area contributed by atoms with Crippen LogP contribution in [0.2, 0.25) is 0 Å². The Balaban J connectivity index is 1.95. The van der Waals surface area contributed by atoms with E-state index in [1.54, 1.807) is 0 Å². The van der Waals surface area contributed by atoms with Crippen LogP contribution in [0.3, 0.4) is 0 Å². The Morgan fingerprint density at radius 2 is 2.06 bits per heavy atom. The first kappa shape index (κ1) is 14.5. The fraction of sp³-hybridized carbons (Fsp3) is 0.929. The van der Waals surface area contributed by atoms with Gasteiger partial charge in [0.25, 0.3) is 0 Å². The van der Waals surface area contributed by atoms with Gasteiger partial charge in [0.1, 0.15) is 0 Å². The van der Waals surface area contributed by atoms with Crippen LogP contribution in [0, 0.1) is 11.8 Å². The zero-order valence-corrected chi connectivity index (χ0v) is 11.0. The Kier molecular flexibility index (Phi) is 6.56. The van der Waals surface area contributed by atoms with E-state index in [4.69, 9.17) is 10.8 Å². The first-order valence-corrected chi connectivity index (χ1v) is 7.05. The molecule has 1 fully saturated rings. The van der Waals surface area contributed by atoms with Crippen molar-refractivity contribution in [2.24, 2.45) is 17.6 Å². The molecule has 1 rings (SSSR count). The van der Waals surface area contributed by atoms with Crippen LogP contribution < -0.4 is 5.73 Å². The molecule has 0 bridgehead atoms. The number of hydrogen-bond donors (Lipinski definition) is 2. The number of nitrogens with two attached hydrogens (primary N) is 1. The molecule has 0 aromatic carbocycles. The van der Waals surface area contributed by atoms with Crippen molar-refractivity contribution in [3.8, 4) is 0 Å². The molecule has 1 saturated carbocycles. The highest BCUT2D eigenvalue weighted by atomic mass is 16.4. The molecule has 3 heteroatoms. The van der Waals surface area contributed by atoms with Crippen molar-refractivity contribution in [2.75, 3.05) is 0 Å². The lowest BCUT2D eigenvalue weighted by Crippen LogP contribution is -2.24. The second kappa shape index (κ2) is 7.70. The maximum absolute atomic E-state index is 10.5. The molecule has 0 aromatic rings. The third-order valence-corrected chi connectivity index (χ3v) is 4.00. The van der Waals surface area contributed by atoms with E-state index in [0.29, 0.717) is 5.92 Å². The van der Waals surface area contributed by atoms with Crippen molar-refractivity contribution in [2.45, 2.75) is 70.8 Å². The summed E-state index contributed by atoms with van der Waals surface area (Å²) in [4.78, 5) is 10.5. The van der Waals surface area contributed by atoms with Gasteiger partial charge in [-0.1, -0.05) is 45.4 Å². The monoisotopic (exact) mass is 241 g/mol. The minimum Gasteiger partial charge on any atom is -0.481 e. The molecule has 0 unspecified atom stereocenters. The third kappa shape index (κ3) is 6.67. The Morgan fingerprint density at radius 3 is 2.59 bits per heavy atom. The lowest BCUT2D eigenvalue weighted by molar-refractivity contribution is -0.137. The van der Waals surface area contributed by atoms with Crippen molar-refractivity contribution < 1.29 is 9.90 Å². The smallest absolute Gasteiger partial charge is 0.304 e. The maximum Gasteiger partial charge on any atom is 0.304 e. The van der Waals surface area contributed by atoms with Gasteiger partial charge in [0.2, 0.25) is 0 Å². The predicted molar refractivity (Wildman–Crippen MR) is 69.8 cm³/mol. The zero-order valence-electron chi connectivity index (χ0n) is 11.0. The summed E-state index contributed by atoms with van der Waals surface area (Å²) in [5, 5.41) is 8.61. The molecular weight excluding hydrogens is 214 g/mol. The van der Waals surface area contributed by atoms with Gasteiger partial charge < -0.3 is 10.8 Å². The van der Waals surface area contributed by atoms with Gasteiger partial charge in [0.15, 0.2) is 0 Å². The van der Waals surface area contributed by atoms with E-state index in [1.807, 2.05) is 0 Å². The quantitative estimate of drug-likeness (QED) is 0.651. The van der Waals surface area contributed by atoms with E-state index in [2.05, 4.69) is 6.92 Å². The Hall–Kier alpha value is -0.570. The van der Waals surface area contributed by atoms with E-state index in [1.165, 1.54) is 38.5 Å². The molecule has 1 aliphatic carbocycles. The van der Waals surface area contributed by atoms with Gasteiger partial charge in [-0.15, -0.1) is 0 Å². The molecular formula is C14H27NO2. The molecule has 0 aliphatic heterocycles. The van der Waals surface area contributed by atoms with Crippen molar-refractivity contribution in [3.05, 3.63) is 0 Å². The van der Waals surface area contributed by atoms with E-state index >= 15 is 0 Å². The highest BCUT2D eigenvalue weighted by Gasteiger charge is 2.17. The Morgan fingerprint density at radius 1 is 1.35 bits per heavy atom. The molecule has 3 N–H and O–H groups in total. The largest absolute Gasteiger partial charge is 0.481 e. The summed E-state index contributed by atoms with van der Waals surface area (Å²) in [5.41, 5.74) is 5.75. The predicted octanol–water partition coefficient (Wildman–Crippen LogP) is 3.18. The molecule has 0 radical (unpaired) electrons. The summed E-state index contributed by atoms with van der Waals surface area (Å²) < 4.78 is 0. The molecule has 0 heterocycles. The number of hydrogen-bond acceptors (Lipinski definition) is 2. The number of rotatable bonds is 9. The molecule has 0 aromatic heterocycles. The zero-order chi connectivity index (χ0) is 12.7. The van der Waals surface area contributed by atoms with Gasteiger partial charge in [-0.05, 0) is 24.7 Å². The lowest BCUT2D eigenvalue weighted by atomic mass is 9.81. The fourth-order valence-electron chi connectivity index (χ4n) is 2.51. The molecule has 100 valence electrons. The summed E-state index contributed by atoms with van der Waals surface area (Å²) >= 11 is 0. The second-order valence-electron chi connectivity index (χ2n) is 5.77. The van der Waals surface area contributed by atoms with Gasteiger partial charge in [-0.3, -0.25) is 4.79 Å². The van der Waals surface area contributed by atoms with E-state index < -0.39 is 5.97 Å². The van der Waals surface area contributed by atoms with E-state index in [-0.39, 0.29) is 12.5 Å². The van der Waals surface area contributed by atoms with Crippen LogP contribution in [-0.2, 0) is 4.79 Å². The topological polar surface area (TPSA) is 63.3 Å². The first-order chi connectivity index (χ1) is 8.08. The highest BCUT2D eigenvalue weighted by molar-refractivity contribution is 5.67. The van der Waals surface area contributed by atoms with Crippen molar-refractivity contribution in [3.63, 3.8) is 0 Å². The van der Waals surface area contributed by atoms with Gasteiger partial charge in [-0.2, -0.15) is 0 Å². The van der Waals surface area contributed by atoms with Crippen LogP contribution in [-0.4, -0.2) is 17.1 Å². The average molecular weight is 241 g/mol.